The van der Waals surface area contributed by atoms with Gasteiger partial charge >= 0.3 is 5.69 Å². The molecule has 0 aliphatic rings. The number of para-hydroxylation sites is 2. The number of nitrogens with zero attached hydrogens (tertiary/aromatic N) is 5. The van der Waals surface area contributed by atoms with Gasteiger partial charge in [0.25, 0.3) is 11.2 Å². The third-order valence-electron chi connectivity index (χ3n) is 7.31. The Kier molecular flexibility index (Phi) is 9.17. The maximum atomic E-state index is 13.9. The van der Waals surface area contributed by atoms with Crippen molar-refractivity contribution in [2.75, 3.05) is 6.61 Å². The van der Waals surface area contributed by atoms with E-state index in [-0.39, 0.29) is 41.0 Å². The number of benzene rings is 4. The van der Waals surface area contributed by atoms with Crippen LogP contribution < -0.4 is 15.0 Å². The number of nitro benzene ring substituents is 2. The van der Waals surface area contributed by atoms with E-state index in [2.05, 4.69) is 5.10 Å². The molecule has 0 saturated carbocycles. The minimum atomic E-state index is -0.591. The number of ether oxygens (including phenoxy) is 2. The average Bonchev–Trinajstić information content (AvgIpc) is 3.03. The summed E-state index contributed by atoms with van der Waals surface area (Å²) in [5.74, 6) is 1.04. The van der Waals surface area contributed by atoms with Gasteiger partial charge in [-0.1, -0.05) is 44.2 Å². The number of hydrogen-bond donors (Lipinski definition) is 0. The van der Waals surface area contributed by atoms with Gasteiger partial charge in [-0.3, -0.25) is 25.0 Å². The van der Waals surface area contributed by atoms with Crippen molar-refractivity contribution in [2.24, 2.45) is 5.10 Å². The summed E-state index contributed by atoms with van der Waals surface area (Å²) in [5.41, 5.74) is 2.69. The monoisotopic (exact) mass is 621 g/mol. The molecule has 0 unspecified atom stereocenters. The second-order valence-electron chi connectivity index (χ2n) is 10.8. The summed E-state index contributed by atoms with van der Waals surface area (Å²) in [4.78, 5) is 40.8. The molecule has 4 aromatic carbocycles. The molecule has 0 aliphatic carbocycles. The van der Waals surface area contributed by atoms with E-state index in [1.807, 2.05) is 39.8 Å². The first-order valence-electron chi connectivity index (χ1n) is 14.6. The Morgan fingerprint density at radius 2 is 1.72 bits per heavy atom. The number of non-ortho nitro benzene ring substituents is 1. The van der Waals surface area contributed by atoms with Crippen LogP contribution in [0.1, 0.15) is 48.9 Å². The lowest BCUT2D eigenvalue weighted by atomic mass is 9.96. The molecule has 0 radical (unpaired) electrons. The zero-order chi connectivity index (χ0) is 33.0. The summed E-state index contributed by atoms with van der Waals surface area (Å²) in [6.45, 7) is 8.23. The maximum Gasteiger partial charge on any atom is 0.311 e. The lowest BCUT2D eigenvalue weighted by Crippen LogP contribution is -2.21. The van der Waals surface area contributed by atoms with Crippen LogP contribution in [0.2, 0.25) is 0 Å². The fourth-order valence-electron chi connectivity index (χ4n) is 5.06. The van der Waals surface area contributed by atoms with Gasteiger partial charge in [0.15, 0.2) is 5.82 Å². The van der Waals surface area contributed by atoms with Crippen LogP contribution in [-0.2, 0) is 6.61 Å². The van der Waals surface area contributed by atoms with Crippen molar-refractivity contribution in [3.05, 3.63) is 132 Å². The van der Waals surface area contributed by atoms with Crippen LogP contribution in [-0.4, -0.2) is 32.3 Å². The van der Waals surface area contributed by atoms with Crippen molar-refractivity contribution in [2.45, 2.75) is 40.2 Å². The molecule has 0 spiro atoms. The predicted molar refractivity (Wildman–Crippen MR) is 175 cm³/mol. The molecular formula is C34H31N5O7. The van der Waals surface area contributed by atoms with Gasteiger partial charge in [0.1, 0.15) is 12.4 Å². The summed E-state index contributed by atoms with van der Waals surface area (Å²) in [6, 6.07) is 20.9. The van der Waals surface area contributed by atoms with E-state index >= 15 is 0 Å². The highest BCUT2D eigenvalue weighted by molar-refractivity contribution is 5.86. The zero-order valence-corrected chi connectivity index (χ0v) is 25.7. The largest absolute Gasteiger partial charge is 0.494 e. The molecule has 0 amide bonds. The number of nitro groups is 2. The van der Waals surface area contributed by atoms with Crippen molar-refractivity contribution in [1.29, 1.82) is 0 Å². The number of rotatable bonds is 11. The van der Waals surface area contributed by atoms with Gasteiger partial charge in [0.05, 0.1) is 33.6 Å². The lowest BCUT2D eigenvalue weighted by molar-refractivity contribution is -0.386. The first kappa shape index (κ1) is 31.5. The molecule has 0 saturated heterocycles. The molecule has 46 heavy (non-hydrogen) atoms. The second-order valence-corrected chi connectivity index (χ2v) is 10.8. The van der Waals surface area contributed by atoms with Crippen molar-refractivity contribution in [3.63, 3.8) is 0 Å². The molecule has 234 valence electrons. The molecule has 0 aliphatic heterocycles. The number of hydrogen-bond acceptors (Lipinski definition) is 9. The summed E-state index contributed by atoms with van der Waals surface area (Å²) in [6.07, 6.45) is 1.31. The van der Waals surface area contributed by atoms with Gasteiger partial charge in [-0.2, -0.15) is 9.78 Å². The summed E-state index contributed by atoms with van der Waals surface area (Å²) >= 11 is 0. The van der Waals surface area contributed by atoms with Crippen molar-refractivity contribution >= 4 is 28.5 Å². The number of fused-ring (bicyclic) bond motifs is 1. The Balaban J connectivity index is 1.65. The van der Waals surface area contributed by atoms with Gasteiger partial charge < -0.3 is 9.47 Å². The summed E-state index contributed by atoms with van der Waals surface area (Å²) in [5, 5.41) is 28.0. The van der Waals surface area contributed by atoms with Crippen LogP contribution in [0.5, 0.6) is 11.5 Å². The standard InChI is InChI=1S/C34H31N5O7/c1-5-45-31-16-22(4)28(18-27(31)21(2)3)33-36-29-14-7-6-13-26(29)34(40)37(33)35-19-24-11-9-15-30(39(43)44)32(24)46-20-23-10-8-12-25(17-23)38(41)42/h6-19,21H,5,20H2,1-4H3. The van der Waals surface area contributed by atoms with E-state index in [4.69, 9.17) is 14.5 Å². The highest BCUT2D eigenvalue weighted by atomic mass is 16.6. The quantitative estimate of drug-likeness (QED) is 0.0855. The third-order valence-corrected chi connectivity index (χ3v) is 7.31. The van der Waals surface area contributed by atoms with Gasteiger partial charge in [0, 0.05) is 29.3 Å². The van der Waals surface area contributed by atoms with E-state index in [1.165, 1.54) is 41.2 Å². The minimum absolute atomic E-state index is 0.106. The topological polar surface area (TPSA) is 152 Å². The fraction of sp³-hybridized carbons (Fsp3) is 0.206. The maximum absolute atomic E-state index is 13.9. The summed E-state index contributed by atoms with van der Waals surface area (Å²) in [7, 11) is 0. The van der Waals surface area contributed by atoms with E-state index in [9.17, 15) is 25.0 Å². The fourth-order valence-corrected chi connectivity index (χ4v) is 5.06. The third kappa shape index (κ3) is 6.46. The van der Waals surface area contributed by atoms with Crippen LogP contribution in [0.25, 0.3) is 22.3 Å². The predicted octanol–water partition coefficient (Wildman–Crippen LogP) is 7.17. The average molecular weight is 622 g/mol. The second kappa shape index (κ2) is 13.4. The molecule has 0 N–H and O–H groups in total. The highest BCUT2D eigenvalue weighted by Gasteiger charge is 2.21. The van der Waals surface area contributed by atoms with Gasteiger partial charge in [0.2, 0.25) is 5.75 Å². The lowest BCUT2D eigenvalue weighted by Gasteiger charge is -2.18. The van der Waals surface area contributed by atoms with Crippen LogP contribution >= 0.6 is 0 Å². The molecule has 1 heterocycles. The number of aromatic nitrogens is 2. The van der Waals surface area contributed by atoms with E-state index in [0.717, 1.165) is 16.9 Å². The normalized spacial score (nSPS) is 11.3. The molecular weight excluding hydrogens is 590 g/mol. The Bertz CT molecular complexity index is 2050. The molecule has 12 nitrogen and oxygen atoms in total. The van der Waals surface area contributed by atoms with Crippen molar-refractivity contribution < 1.29 is 19.3 Å². The first-order valence-corrected chi connectivity index (χ1v) is 14.6. The van der Waals surface area contributed by atoms with Crippen molar-refractivity contribution in [1.82, 2.24) is 9.66 Å². The summed E-state index contributed by atoms with van der Waals surface area (Å²) < 4.78 is 13.0. The molecule has 0 bridgehead atoms. The SMILES string of the molecule is CCOc1cc(C)c(-c2nc3ccccc3c(=O)n2N=Cc2cccc([N+](=O)[O-])c2OCc2cccc([N+](=O)[O-])c2)cc1C(C)C. The first-order chi connectivity index (χ1) is 22.1. The van der Waals surface area contributed by atoms with Crippen LogP contribution in [0.4, 0.5) is 11.4 Å². The van der Waals surface area contributed by atoms with E-state index < -0.39 is 15.4 Å². The van der Waals surface area contributed by atoms with Gasteiger partial charge in [-0.15, -0.1) is 0 Å². The minimum Gasteiger partial charge on any atom is -0.494 e. The number of aryl methyl sites for hydroxylation is 1. The Hall–Kier alpha value is -5.91. The van der Waals surface area contributed by atoms with E-state index in [0.29, 0.717) is 28.6 Å². The van der Waals surface area contributed by atoms with Gasteiger partial charge in [-0.05, 0) is 66.8 Å². The molecule has 1 aromatic heterocycles. The molecule has 5 aromatic rings. The smallest absolute Gasteiger partial charge is 0.311 e. The van der Waals surface area contributed by atoms with Crippen molar-refractivity contribution in [3.8, 4) is 22.9 Å². The van der Waals surface area contributed by atoms with Crippen LogP contribution in [0, 0.1) is 27.2 Å². The molecule has 0 fully saturated rings. The molecule has 12 heteroatoms. The molecule has 0 atom stereocenters. The Morgan fingerprint density at radius 1 is 0.957 bits per heavy atom. The highest BCUT2D eigenvalue weighted by Crippen LogP contribution is 2.35. The van der Waals surface area contributed by atoms with E-state index in [1.54, 1.807) is 36.4 Å². The Morgan fingerprint density at radius 3 is 2.43 bits per heavy atom. The Labute approximate surface area is 263 Å². The van der Waals surface area contributed by atoms with Gasteiger partial charge in [-0.25, -0.2) is 4.98 Å². The van der Waals surface area contributed by atoms with Crippen LogP contribution in [0.15, 0.2) is 88.8 Å². The van der Waals surface area contributed by atoms with Crippen LogP contribution in [0.3, 0.4) is 0 Å². The zero-order valence-electron chi connectivity index (χ0n) is 25.7. The molecule has 5 rings (SSSR count).